The van der Waals surface area contributed by atoms with E-state index in [-0.39, 0.29) is 12.0 Å². The average Bonchev–Trinajstić information content (AvgIpc) is 3.16. The number of nitrogens with one attached hydrogen (secondary N) is 3. The zero-order valence-electron chi connectivity index (χ0n) is 15.7. The minimum atomic E-state index is -0.861. The van der Waals surface area contributed by atoms with Gasteiger partial charge in [-0.1, -0.05) is 32.0 Å². The van der Waals surface area contributed by atoms with E-state index >= 15 is 0 Å². The van der Waals surface area contributed by atoms with Gasteiger partial charge in [-0.3, -0.25) is 4.79 Å². The monoisotopic (exact) mass is 377 g/mol. The molecule has 0 spiro atoms. The van der Waals surface area contributed by atoms with E-state index in [4.69, 9.17) is 9.47 Å². The summed E-state index contributed by atoms with van der Waals surface area (Å²) in [6.45, 7) is 4.29. The highest BCUT2D eigenvalue weighted by atomic mass is 16.5. The topological polar surface area (TPSA) is 106 Å². The molecule has 0 aromatic heterocycles. The Balaban J connectivity index is 1.76. The molecule has 1 aromatic carbocycles. The summed E-state index contributed by atoms with van der Waals surface area (Å²) in [5.74, 6) is -1.25. The summed E-state index contributed by atoms with van der Waals surface area (Å²) in [6, 6.07) is 7.51. The molecular weight excluding hydrogens is 350 g/mol. The fraction of sp³-hybridized carbons (Fsp3) is 0.526. The quantitative estimate of drug-likeness (QED) is 0.598. The largest absolute Gasteiger partial charge is 0.454 e. The van der Waals surface area contributed by atoms with Crippen LogP contribution in [0.25, 0.3) is 0 Å². The summed E-state index contributed by atoms with van der Waals surface area (Å²) in [6.07, 6.45) is 1.93. The van der Waals surface area contributed by atoms with Gasteiger partial charge in [-0.15, -0.1) is 0 Å². The zero-order chi connectivity index (χ0) is 19.6. The minimum Gasteiger partial charge on any atom is -0.454 e. The first-order chi connectivity index (χ1) is 13.0. The molecule has 0 bridgehead atoms. The van der Waals surface area contributed by atoms with Crippen molar-refractivity contribution in [1.82, 2.24) is 10.6 Å². The molecule has 0 saturated carbocycles. The number of hydrogen-bond donors (Lipinski definition) is 3. The molecule has 1 fully saturated rings. The van der Waals surface area contributed by atoms with Crippen LogP contribution in [0.1, 0.15) is 26.7 Å². The maximum Gasteiger partial charge on any atom is 0.329 e. The zero-order valence-corrected chi connectivity index (χ0v) is 15.7. The van der Waals surface area contributed by atoms with E-state index in [0.717, 1.165) is 12.8 Å². The van der Waals surface area contributed by atoms with Crippen LogP contribution in [-0.4, -0.2) is 49.8 Å². The number of esters is 1. The van der Waals surface area contributed by atoms with Crippen molar-refractivity contribution in [2.45, 2.75) is 38.8 Å². The first kappa shape index (κ1) is 20.7. The Morgan fingerprint density at radius 1 is 1.22 bits per heavy atom. The molecule has 2 rings (SSSR count). The van der Waals surface area contributed by atoms with Crippen molar-refractivity contribution in [2.24, 2.45) is 5.92 Å². The summed E-state index contributed by atoms with van der Waals surface area (Å²) in [5, 5.41) is 7.92. The van der Waals surface area contributed by atoms with Gasteiger partial charge in [0.15, 0.2) is 6.61 Å². The van der Waals surface area contributed by atoms with Crippen molar-refractivity contribution >= 4 is 23.6 Å². The summed E-state index contributed by atoms with van der Waals surface area (Å²) in [4.78, 5) is 36.2. The SMILES string of the molecule is CC(C)[C@@H](NC(=O)Nc1ccccc1)C(=O)OCC(=O)NC[C@@H]1CCCO1. The van der Waals surface area contributed by atoms with Gasteiger partial charge in [-0.2, -0.15) is 0 Å². The van der Waals surface area contributed by atoms with Crippen LogP contribution in [0.2, 0.25) is 0 Å². The Labute approximate surface area is 159 Å². The van der Waals surface area contributed by atoms with E-state index in [2.05, 4.69) is 16.0 Å². The average molecular weight is 377 g/mol. The Morgan fingerprint density at radius 3 is 2.59 bits per heavy atom. The Bertz CT molecular complexity index is 629. The highest BCUT2D eigenvalue weighted by Crippen LogP contribution is 2.10. The molecule has 1 aliphatic rings. The second-order valence-electron chi connectivity index (χ2n) is 6.73. The lowest BCUT2D eigenvalue weighted by molar-refractivity contribution is -0.151. The third-order valence-corrected chi connectivity index (χ3v) is 4.14. The van der Waals surface area contributed by atoms with Gasteiger partial charge in [0.25, 0.3) is 5.91 Å². The standard InChI is InChI=1S/C19H27N3O5/c1-13(2)17(22-19(25)21-14-7-4-3-5-8-14)18(24)27-12-16(23)20-11-15-9-6-10-26-15/h3-5,7-8,13,15,17H,6,9-12H2,1-2H3,(H,20,23)(H2,21,22,25)/t15-,17+/m0/s1. The van der Waals surface area contributed by atoms with Crippen molar-refractivity contribution in [3.63, 3.8) is 0 Å². The predicted octanol–water partition coefficient (Wildman–Crippen LogP) is 1.67. The van der Waals surface area contributed by atoms with Crippen molar-refractivity contribution < 1.29 is 23.9 Å². The number of carbonyl (C=O) groups is 3. The van der Waals surface area contributed by atoms with Crippen molar-refractivity contribution in [2.75, 3.05) is 25.1 Å². The van der Waals surface area contributed by atoms with Gasteiger partial charge in [0.05, 0.1) is 6.10 Å². The Kier molecular flexibility index (Phi) is 8.06. The molecule has 0 aliphatic carbocycles. The minimum absolute atomic E-state index is 0.0245. The van der Waals surface area contributed by atoms with E-state index in [1.165, 1.54) is 0 Å². The van der Waals surface area contributed by atoms with Gasteiger partial charge >= 0.3 is 12.0 Å². The third-order valence-electron chi connectivity index (χ3n) is 4.14. The van der Waals surface area contributed by atoms with Crippen LogP contribution in [0.4, 0.5) is 10.5 Å². The van der Waals surface area contributed by atoms with Crippen LogP contribution in [0.3, 0.4) is 0 Å². The number of urea groups is 1. The van der Waals surface area contributed by atoms with E-state index in [1.54, 1.807) is 38.1 Å². The first-order valence-corrected chi connectivity index (χ1v) is 9.13. The van der Waals surface area contributed by atoms with Gasteiger partial charge < -0.3 is 25.4 Å². The molecule has 0 unspecified atom stereocenters. The number of para-hydroxylation sites is 1. The smallest absolute Gasteiger partial charge is 0.329 e. The first-order valence-electron chi connectivity index (χ1n) is 9.13. The highest BCUT2D eigenvalue weighted by Gasteiger charge is 2.26. The summed E-state index contributed by atoms with van der Waals surface area (Å²) in [5.41, 5.74) is 0.611. The summed E-state index contributed by atoms with van der Waals surface area (Å²) < 4.78 is 10.5. The molecule has 1 saturated heterocycles. The van der Waals surface area contributed by atoms with Gasteiger partial charge in [0.2, 0.25) is 0 Å². The van der Waals surface area contributed by atoms with Crippen LogP contribution >= 0.6 is 0 Å². The van der Waals surface area contributed by atoms with Gasteiger partial charge in [-0.05, 0) is 30.9 Å². The number of ether oxygens (including phenoxy) is 2. The molecule has 148 valence electrons. The van der Waals surface area contributed by atoms with Crippen LogP contribution in [0.15, 0.2) is 30.3 Å². The summed E-state index contributed by atoms with van der Waals surface area (Å²) in [7, 11) is 0. The maximum atomic E-state index is 12.3. The molecular formula is C19H27N3O5. The van der Waals surface area contributed by atoms with Crippen LogP contribution in [-0.2, 0) is 19.1 Å². The van der Waals surface area contributed by atoms with E-state index in [0.29, 0.717) is 18.8 Å². The van der Waals surface area contributed by atoms with E-state index < -0.39 is 30.6 Å². The van der Waals surface area contributed by atoms with Crippen LogP contribution in [0, 0.1) is 5.92 Å². The lowest BCUT2D eigenvalue weighted by atomic mass is 10.1. The van der Waals surface area contributed by atoms with Crippen LogP contribution in [0.5, 0.6) is 0 Å². The van der Waals surface area contributed by atoms with E-state index in [1.807, 2.05) is 6.07 Å². The second kappa shape index (κ2) is 10.5. The Morgan fingerprint density at radius 2 is 1.96 bits per heavy atom. The molecule has 1 aromatic rings. The van der Waals surface area contributed by atoms with Crippen molar-refractivity contribution in [1.29, 1.82) is 0 Å². The lowest BCUT2D eigenvalue weighted by Crippen LogP contribution is -2.47. The highest BCUT2D eigenvalue weighted by molar-refractivity contribution is 5.93. The molecule has 8 nitrogen and oxygen atoms in total. The number of rotatable bonds is 8. The fourth-order valence-electron chi connectivity index (χ4n) is 2.64. The van der Waals surface area contributed by atoms with Crippen LogP contribution < -0.4 is 16.0 Å². The van der Waals surface area contributed by atoms with Gasteiger partial charge in [0, 0.05) is 18.8 Å². The number of benzene rings is 1. The number of carbonyl (C=O) groups excluding carboxylic acids is 3. The number of anilines is 1. The lowest BCUT2D eigenvalue weighted by Gasteiger charge is -2.21. The fourth-order valence-corrected chi connectivity index (χ4v) is 2.64. The Hall–Kier alpha value is -2.61. The molecule has 2 atom stereocenters. The molecule has 3 N–H and O–H groups in total. The normalized spacial score (nSPS) is 17.2. The second-order valence-corrected chi connectivity index (χ2v) is 6.73. The predicted molar refractivity (Wildman–Crippen MR) is 100 cm³/mol. The van der Waals surface area contributed by atoms with Gasteiger partial charge in [0.1, 0.15) is 6.04 Å². The third kappa shape index (κ3) is 7.26. The maximum absolute atomic E-state index is 12.3. The molecule has 8 heteroatoms. The molecule has 3 amide bonds. The molecule has 27 heavy (non-hydrogen) atoms. The molecule has 1 aliphatic heterocycles. The van der Waals surface area contributed by atoms with Crippen molar-refractivity contribution in [3.8, 4) is 0 Å². The van der Waals surface area contributed by atoms with Gasteiger partial charge in [-0.25, -0.2) is 9.59 Å². The molecule has 0 radical (unpaired) electrons. The number of amides is 3. The van der Waals surface area contributed by atoms with Crippen molar-refractivity contribution in [3.05, 3.63) is 30.3 Å². The van der Waals surface area contributed by atoms with E-state index in [9.17, 15) is 14.4 Å². The molecule has 1 heterocycles. The summed E-state index contributed by atoms with van der Waals surface area (Å²) >= 11 is 0. The number of hydrogen-bond acceptors (Lipinski definition) is 5.